The highest BCUT2D eigenvalue weighted by Gasteiger charge is 2.60. The number of aliphatic imine (C=N–C) groups is 1. The van der Waals surface area contributed by atoms with Gasteiger partial charge in [-0.15, -0.1) is 0 Å². The summed E-state index contributed by atoms with van der Waals surface area (Å²) in [4.78, 5) is 28.3. The van der Waals surface area contributed by atoms with Crippen molar-refractivity contribution in [2.45, 2.75) is 70.6 Å². The second-order valence-electron chi connectivity index (χ2n) is 12.3. The molecule has 222 valence electrons. The van der Waals surface area contributed by atoms with Crippen molar-refractivity contribution in [2.24, 2.45) is 4.99 Å². The highest BCUT2D eigenvalue weighted by atomic mass is 35.5. The number of halogens is 2. The summed E-state index contributed by atoms with van der Waals surface area (Å²) >= 11 is 12.6. The summed E-state index contributed by atoms with van der Waals surface area (Å²) in [6, 6.07) is 16.8. The molecular formula is C33H38Cl2N4O3. The van der Waals surface area contributed by atoms with Crippen LogP contribution in [0.15, 0.2) is 65.8 Å². The van der Waals surface area contributed by atoms with Crippen LogP contribution in [-0.4, -0.2) is 57.6 Å². The number of benzene rings is 2. The Balaban J connectivity index is 1.81. The molecule has 9 heteroatoms. The van der Waals surface area contributed by atoms with Gasteiger partial charge in [0.15, 0.2) is 0 Å². The van der Waals surface area contributed by atoms with Crippen molar-refractivity contribution >= 4 is 35.1 Å². The summed E-state index contributed by atoms with van der Waals surface area (Å²) in [5, 5.41) is 11.6. The van der Waals surface area contributed by atoms with Gasteiger partial charge >= 0.3 is 6.03 Å². The lowest BCUT2D eigenvalue weighted by molar-refractivity contribution is 0.108. The monoisotopic (exact) mass is 608 g/mol. The average molecular weight is 610 g/mol. The minimum absolute atomic E-state index is 0.210. The first-order valence-electron chi connectivity index (χ1n) is 14.3. The molecule has 5 rings (SSSR count). The van der Waals surface area contributed by atoms with Crippen LogP contribution >= 0.6 is 23.2 Å². The van der Waals surface area contributed by atoms with Crippen LogP contribution in [0.2, 0.25) is 10.0 Å². The highest BCUT2D eigenvalue weighted by molar-refractivity contribution is 6.30. The minimum atomic E-state index is -1.02. The molecule has 0 aliphatic carbocycles. The van der Waals surface area contributed by atoms with Gasteiger partial charge in [0.2, 0.25) is 0 Å². The number of carbonyl (C=O) groups is 1. The zero-order valence-electron chi connectivity index (χ0n) is 25.0. The normalized spacial score (nSPS) is 24.2. The predicted octanol–water partition coefficient (Wildman–Crippen LogP) is 7.16. The Labute approximate surface area is 258 Å². The van der Waals surface area contributed by atoms with Crippen LogP contribution < -0.4 is 4.74 Å². The largest absolute Gasteiger partial charge is 0.493 e. The predicted molar refractivity (Wildman–Crippen MR) is 168 cm³/mol. The summed E-state index contributed by atoms with van der Waals surface area (Å²) in [6.45, 7) is 13.4. The Kier molecular flexibility index (Phi) is 8.07. The van der Waals surface area contributed by atoms with Crippen LogP contribution in [0.3, 0.4) is 0 Å². The Hall–Kier alpha value is -3.13. The van der Waals surface area contributed by atoms with Crippen molar-refractivity contribution in [3.8, 4) is 5.75 Å². The van der Waals surface area contributed by atoms with Gasteiger partial charge in [-0.3, -0.25) is 14.9 Å². The Morgan fingerprint density at radius 2 is 1.64 bits per heavy atom. The van der Waals surface area contributed by atoms with Gasteiger partial charge < -0.3 is 14.7 Å². The van der Waals surface area contributed by atoms with Gasteiger partial charge in [0, 0.05) is 46.5 Å². The third-order valence-corrected chi connectivity index (χ3v) is 9.05. The zero-order valence-corrected chi connectivity index (χ0v) is 26.5. The first kappa shape index (κ1) is 30.3. The van der Waals surface area contributed by atoms with Gasteiger partial charge in [-0.25, -0.2) is 4.79 Å². The molecule has 3 atom stereocenters. The Morgan fingerprint density at radius 1 is 1.05 bits per heavy atom. The highest BCUT2D eigenvalue weighted by Crippen LogP contribution is 2.54. The smallest absolute Gasteiger partial charge is 0.326 e. The number of carbonyl (C=O) groups excluding carboxylic acids is 1. The average Bonchev–Trinajstić information content (AvgIpc) is 3.48. The molecule has 3 aromatic rings. The maximum Gasteiger partial charge on any atom is 0.326 e. The minimum Gasteiger partial charge on any atom is -0.493 e. The van der Waals surface area contributed by atoms with E-state index in [1.807, 2.05) is 75.4 Å². The molecule has 3 heterocycles. The van der Waals surface area contributed by atoms with Crippen LogP contribution in [0.5, 0.6) is 5.75 Å². The molecule has 2 amide bonds. The van der Waals surface area contributed by atoms with Crippen molar-refractivity contribution in [3.63, 3.8) is 0 Å². The van der Waals surface area contributed by atoms with Gasteiger partial charge in [-0.05, 0) is 62.6 Å². The van der Waals surface area contributed by atoms with Gasteiger partial charge in [0.25, 0.3) is 0 Å². The molecule has 7 nitrogen and oxygen atoms in total. The third-order valence-electron chi connectivity index (χ3n) is 8.55. The van der Waals surface area contributed by atoms with Crippen LogP contribution in [-0.2, 0) is 16.5 Å². The molecule has 2 aliphatic rings. The van der Waals surface area contributed by atoms with Crippen molar-refractivity contribution < 1.29 is 14.6 Å². The van der Waals surface area contributed by atoms with E-state index in [0.717, 1.165) is 16.8 Å². The van der Waals surface area contributed by atoms with E-state index in [-0.39, 0.29) is 18.0 Å². The summed E-state index contributed by atoms with van der Waals surface area (Å²) in [7, 11) is 0. The fourth-order valence-electron chi connectivity index (χ4n) is 5.91. The number of amides is 2. The number of urea groups is 1. The molecule has 0 radical (unpaired) electrons. The molecule has 42 heavy (non-hydrogen) atoms. The Morgan fingerprint density at radius 3 is 2.17 bits per heavy atom. The van der Waals surface area contributed by atoms with Crippen LogP contribution in [0.4, 0.5) is 4.79 Å². The van der Waals surface area contributed by atoms with Gasteiger partial charge in [-0.1, -0.05) is 68.2 Å². The zero-order chi connectivity index (χ0) is 30.4. The number of ether oxygens (including phenoxy) is 1. The van der Waals surface area contributed by atoms with Crippen LogP contribution in [0.1, 0.15) is 70.3 Å². The second kappa shape index (κ2) is 11.2. The number of hydrogen-bond donors (Lipinski definition) is 1. The van der Waals surface area contributed by atoms with E-state index in [1.165, 1.54) is 0 Å². The first-order chi connectivity index (χ1) is 19.8. The van der Waals surface area contributed by atoms with Crippen LogP contribution in [0.25, 0.3) is 0 Å². The number of nitrogens with zero attached hydrogens (tertiary/aromatic N) is 4. The summed E-state index contributed by atoms with van der Waals surface area (Å²) in [5.74, 6) is 1.06. The second-order valence-corrected chi connectivity index (χ2v) is 13.2. The number of rotatable bonds is 5. The van der Waals surface area contributed by atoms with E-state index >= 15 is 0 Å². The molecule has 1 N–H and O–H groups in total. The van der Waals surface area contributed by atoms with E-state index in [2.05, 4.69) is 20.8 Å². The molecule has 0 bridgehead atoms. The van der Waals surface area contributed by atoms with Crippen molar-refractivity contribution in [3.05, 3.63) is 93.2 Å². The first-order valence-corrected chi connectivity index (χ1v) is 15.1. The number of likely N-dealkylation sites (tertiary alicyclic amines) is 1. The lowest BCUT2D eigenvalue weighted by atomic mass is 9.71. The number of pyridine rings is 1. The lowest BCUT2D eigenvalue weighted by Crippen LogP contribution is -2.58. The summed E-state index contributed by atoms with van der Waals surface area (Å²) in [5.41, 5.74) is 1.05. The van der Waals surface area contributed by atoms with Crippen molar-refractivity contribution in [1.29, 1.82) is 0 Å². The van der Waals surface area contributed by atoms with Crippen LogP contribution in [0, 0.1) is 0 Å². The van der Waals surface area contributed by atoms with E-state index in [1.54, 1.807) is 16.0 Å². The molecule has 2 aromatic carbocycles. The SMILES string of the molecule is CCOc1cc(C(C)(C)C)ncc1C1=N[C@@](C)(c2ccc(Cl)cc2)C(C)(c2ccc(Cl)cc2)N1C(=O)N1CCC(O)C1. The number of hydrogen-bond acceptors (Lipinski definition) is 5. The summed E-state index contributed by atoms with van der Waals surface area (Å²) in [6.07, 6.45) is 1.71. The molecule has 0 saturated carbocycles. The molecule has 2 aliphatic heterocycles. The van der Waals surface area contributed by atoms with Gasteiger partial charge in [0.1, 0.15) is 22.7 Å². The number of aliphatic hydroxyl groups excluding tert-OH is 1. The number of amidine groups is 1. The standard InChI is InChI=1S/C33H38Cl2N4O3/c1-7-42-27-18-28(31(2,3)4)36-19-26(27)29-37-32(5,21-8-12-23(34)13-9-21)33(6,22-10-14-24(35)15-11-22)39(29)30(41)38-17-16-25(40)20-38/h8-15,18-19,25,40H,7,16-17,20H2,1-6H3/t25?,32-,33?/m0/s1. The molecule has 1 saturated heterocycles. The molecule has 1 fully saturated rings. The van der Waals surface area contributed by atoms with Gasteiger partial charge in [0.05, 0.1) is 18.3 Å². The topological polar surface area (TPSA) is 78.3 Å². The quantitative estimate of drug-likeness (QED) is 0.333. The number of aliphatic hydroxyl groups is 1. The maximum atomic E-state index is 14.7. The third kappa shape index (κ3) is 5.16. The van der Waals surface area contributed by atoms with E-state index in [0.29, 0.717) is 46.8 Å². The molecule has 0 spiro atoms. The fraction of sp³-hybridized carbons (Fsp3) is 0.424. The van der Waals surface area contributed by atoms with E-state index < -0.39 is 17.2 Å². The fourth-order valence-corrected chi connectivity index (χ4v) is 6.17. The van der Waals surface area contributed by atoms with E-state index in [4.69, 9.17) is 37.9 Å². The molecular weight excluding hydrogens is 571 g/mol. The summed E-state index contributed by atoms with van der Waals surface area (Å²) < 4.78 is 6.19. The Bertz CT molecular complexity index is 1500. The van der Waals surface area contributed by atoms with Gasteiger partial charge in [-0.2, -0.15) is 0 Å². The van der Waals surface area contributed by atoms with Crippen molar-refractivity contribution in [1.82, 2.24) is 14.8 Å². The molecule has 2 unspecified atom stereocenters. The molecule has 1 aromatic heterocycles. The maximum absolute atomic E-state index is 14.7. The number of aromatic nitrogens is 1. The number of β-amino-alcohol motifs (C(OH)–C–C–N with tert-alkyl or cyclic N) is 1. The lowest BCUT2D eigenvalue weighted by Gasteiger charge is -2.46. The van der Waals surface area contributed by atoms with E-state index in [9.17, 15) is 9.90 Å². The van der Waals surface area contributed by atoms with Crippen molar-refractivity contribution in [2.75, 3.05) is 19.7 Å².